The second kappa shape index (κ2) is 4.06. The third kappa shape index (κ3) is 3.12. The molecule has 1 aliphatic heterocycles. The summed E-state index contributed by atoms with van der Waals surface area (Å²) in [7, 11) is 0. The third-order valence-electron chi connectivity index (χ3n) is 1.77. The van der Waals surface area contributed by atoms with Crippen LogP contribution in [0.15, 0.2) is 24.0 Å². The predicted octanol–water partition coefficient (Wildman–Crippen LogP) is 1.38. The van der Waals surface area contributed by atoms with Gasteiger partial charge in [-0.3, -0.25) is 0 Å². The monoisotopic (exact) mass is 152 g/mol. The van der Waals surface area contributed by atoms with Gasteiger partial charge in [-0.1, -0.05) is 12.2 Å². The molecule has 0 saturated carbocycles. The van der Waals surface area contributed by atoms with E-state index in [9.17, 15) is 0 Å². The molecule has 0 aromatic rings. The van der Waals surface area contributed by atoms with Crippen molar-refractivity contribution >= 4 is 0 Å². The highest BCUT2D eigenvalue weighted by Gasteiger charge is 2.01. The van der Waals surface area contributed by atoms with E-state index in [0.717, 1.165) is 25.2 Å². The van der Waals surface area contributed by atoms with Gasteiger partial charge in [0.15, 0.2) is 0 Å². The Kier molecular flexibility index (Phi) is 3.02. The molecule has 0 amide bonds. The molecule has 0 fully saturated rings. The van der Waals surface area contributed by atoms with Crippen molar-refractivity contribution in [3.05, 3.63) is 24.0 Å². The quantitative estimate of drug-likeness (QED) is 0.636. The average Bonchev–Trinajstić information content (AvgIpc) is 2.39. The Balaban J connectivity index is 2.07. The summed E-state index contributed by atoms with van der Waals surface area (Å²) in [6, 6.07) is 0. The molecule has 0 bridgehead atoms. The molecule has 0 unspecified atom stereocenters. The average molecular weight is 152 g/mol. The molecule has 2 nitrogen and oxygen atoms in total. The summed E-state index contributed by atoms with van der Waals surface area (Å²) in [6.07, 6.45) is 4.47. The lowest BCUT2D eigenvalue weighted by Gasteiger charge is -2.04. The van der Waals surface area contributed by atoms with E-state index in [-0.39, 0.29) is 0 Å². The number of allylic oxidation sites excluding steroid dienone is 1. The Bertz CT molecular complexity index is 170. The molecule has 1 heterocycles. The van der Waals surface area contributed by atoms with Crippen LogP contribution in [0.5, 0.6) is 0 Å². The Hall–Kier alpha value is -0.920. The molecule has 0 spiro atoms. The van der Waals surface area contributed by atoms with Gasteiger partial charge in [0.1, 0.15) is 0 Å². The van der Waals surface area contributed by atoms with Crippen molar-refractivity contribution in [1.82, 2.24) is 10.6 Å². The van der Waals surface area contributed by atoms with Crippen molar-refractivity contribution in [3.8, 4) is 0 Å². The molecule has 2 heteroatoms. The van der Waals surface area contributed by atoms with Crippen LogP contribution in [0.1, 0.15) is 19.8 Å². The molecular weight excluding hydrogens is 136 g/mol. The van der Waals surface area contributed by atoms with E-state index in [1.807, 2.05) is 6.92 Å². The second-order valence-electron chi connectivity index (χ2n) is 2.96. The molecule has 0 aliphatic carbocycles. The standard InChI is InChI=1S/C9H16N2/c1-8(2)11-6-4-9-3-5-10-7-9/h7,10-11H,1,3-6H2,2H3. The van der Waals surface area contributed by atoms with Crippen molar-refractivity contribution in [1.29, 1.82) is 0 Å². The topological polar surface area (TPSA) is 24.1 Å². The van der Waals surface area contributed by atoms with Crippen LogP contribution < -0.4 is 10.6 Å². The molecule has 0 radical (unpaired) electrons. The van der Waals surface area contributed by atoms with Crippen molar-refractivity contribution in [2.24, 2.45) is 0 Å². The van der Waals surface area contributed by atoms with Gasteiger partial charge >= 0.3 is 0 Å². The van der Waals surface area contributed by atoms with Crippen molar-refractivity contribution in [2.75, 3.05) is 13.1 Å². The highest BCUT2D eigenvalue weighted by atomic mass is 14.9. The van der Waals surface area contributed by atoms with Gasteiger partial charge in [0.05, 0.1) is 0 Å². The Labute approximate surface area is 68.4 Å². The van der Waals surface area contributed by atoms with E-state index < -0.39 is 0 Å². The summed E-state index contributed by atoms with van der Waals surface area (Å²) in [4.78, 5) is 0. The van der Waals surface area contributed by atoms with Crippen molar-refractivity contribution in [3.63, 3.8) is 0 Å². The minimum absolute atomic E-state index is 1.02. The van der Waals surface area contributed by atoms with Crippen LogP contribution in [0, 0.1) is 0 Å². The lowest BCUT2D eigenvalue weighted by Crippen LogP contribution is -2.11. The smallest absolute Gasteiger partial charge is 0.0181 e. The van der Waals surface area contributed by atoms with E-state index in [1.165, 1.54) is 12.0 Å². The number of nitrogens with one attached hydrogen (secondary N) is 2. The van der Waals surface area contributed by atoms with Crippen molar-refractivity contribution in [2.45, 2.75) is 19.8 Å². The highest BCUT2D eigenvalue weighted by molar-refractivity contribution is 5.07. The lowest BCUT2D eigenvalue weighted by atomic mass is 10.2. The third-order valence-corrected chi connectivity index (χ3v) is 1.77. The second-order valence-corrected chi connectivity index (χ2v) is 2.96. The zero-order valence-corrected chi connectivity index (χ0v) is 7.11. The Morgan fingerprint density at radius 3 is 3.18 bits per heavy atom. The van der Waals surface area contributed by atoms with Gasteiger partial charge in [-0.2, -0.15) is 0 Å². The van der Waals surface area contributed by atoms with Crippen LogP contribution in [0.25, 0.3) is 0 Å². The van der Waals surface area contributed by atoms with E-state index in [4.69, 9.17) is 0 Å². The fraction of sp³-hybridized carbons (Fsp3) is 0.556. The maximum absolute atomic E-state index is 3.77. The molecule has 62 valence electrons. The normalized spacial score (nSPS) is 15.5. The largest absolute Gasteiger partial charge is 0.391 e. The van der Waals surface area contributed by atoms with Gasteiger partial charge in [0.25, 0.3) is 0 Å². The highest BCUT2D eigenvalue weighted by Crippen LogP contribution is 2.08. The molecule has 1 rings (SSSR count). The Morgan fingerprint density at radius 2 is 2.64 bits per heavy atom. The fourth-order valence-electron chi connectivity index (χ4n) is 1.16. The van der Waals surface area contributed by atoms with E-state index in [0.29, 0.717) is 0 Å². The number of rotatable bonds is 4. The predicted molar refractivity (Wildman–Crippen MR) is 48.1 cm³/mol. The van der Waals surface area contributed by atoms with Crippen LogP contribution in [-0.2, 0) is 0 Å². The maximum atomic E-state index is 3.77. The fourth-order valence-corrected chi connectivity index (χ4v) is 1.16. The zero-order chi connectivity index (χ0) is 8.10. The molecular formula is C9H16N2. The van der Waals surface area contributed by atoms with Crippen LogP contribution in [0.2, 0.25) is 0 Å². The van der Waals surface area contributed by atoms with E-state index >= 15 is 0 Å². The number of hydrogen-bond donors (Lipinski definition) is 2. The summed E-state index contributed by atoms with van der Waals surface area (Å²) < 4.78 is 0. The van der Waals surface area contributed by atoms with Crippen LogP contribution in [0.4, 0.5) is 0 Å². The molecule has 0 atom stereocenters. The number of hydrogen-bond acceptors (Lipinski definition) is 2. The minimum Gasteiger partial charge on any atom is -0.391 e. The van der Waals surface area contributed by atoms with Crippen molar-refractivity contribution < 1.29 is 0 Å². The summed E-state index contributed by atoms with van der Waals surface area (Å²) in [5, 5.41) is 6.41. The first kappa shape index (κ1) is 8.18. The summed E-state index contributed by atoms with van der Waals surface area (Å²) in [5.41, 5.74) is 2.57. The van der Waals surface area contributed by atoms with Gasteiger partial charge in [0, 0.05) is 18.8 Å². The summed E-state index contributed by atoms with van der Waals surface area (Å²) in [6.45, 7) is 7.89. The summed E-state index contributed by atoms with van der Waals surface area (Å²) >= 11 is 0. The first-order chi connectivity index (χ1) is 5.29. The first-order valence-corrected chi connectivity index (χ1v) is 4.10. The molecule has 2 N–H and O–H groups in total. The van der Waals surface area contributed by atoms with Gasteiger partial charge in [0.2, 0.25) is 0 Å². The SMILES string of the molecule is C=C(C)NCCC1=CNCC1. The van der Waals surface area contributed by atoms with Gasteiger partial charge in [-0.25, -0.2) is 0 Å². The van der Waals surface area contributed by atoms with Crippen LogP contribution in [0.3, 0.4) is 0 Å². The molecule has 0 saturated heterocycles. The van der Waals surface area contributed by atoms with E-state index in [2.05, 4.69) is 23.4 Å². The first-order valence-electron chi connectivity index (χ1n) is 4.10. The van der Waals surface area contributed by atoms with Gasteiger partial charge in [-0.05, 0) is 26.0 Å². The molecule has 1 aliphatic rings. The molecule has 0 aromatic heterocycles. The molecule has 11 heavy (non-hydrogen) atoms. The summed E-state index contributed by atoms with van der Waals surface area (Å²) in [5.74, 6) is 0. The zero-order valence-electron chi connectivity index (χ0n) is 7.11. The minimum atomic E-state index is 1.02. The van der Waals surface area contributed by atoms with E-state index in [1.54, 1.807) is 0 Å². The van der Waals surface area contributed by atoms with Gasteiger partial charge in [-0.15, -0.1) is 0 Å². The lowest BCUT2D eigenvalue weighted by molar-refractivity contribution is 0.769. The van der Waals surface area contributed by atoms with Crippen LogP contribution in [-0.4, -0.2) is 13.1 Å². The van der Waals surface area contributed by atoms with Crippen LogP contribution >= 0.6 is 0 Å². The molecule has 0 aromatic carbocycles. The Morgan fingerprint density at radius 1 is 1.82 bits per heavy atom. The van der Waals surface area contributed by atoms with Gasteiger partial charge < -0.3 is 10.6 Å². The maximum Gasteiger partial charge on any atom is 0.0181 e.